The monoisotopic (exact) mass is 504 g/mol. The highest BCUT2D eigenvalue weighted by Gasteiger charge is 2.17. The molecule has 176 valence electrons. The molecule has 35 heavy (non-hydrogen) atoms. The van der Waals surface area contributed by atoms with Gasteiger partial charge in [-0.05, 0) is 65.8 Å². The molecule has 1 aromatic heterocycles. The first-order valence-electron chi connectivity index (χ1n) is 10.7. The van der Waals surface area contributed by atoms with Crippen molar-refractivity contribution >= 4 is 51.7 Å². The molecule has 4 rings (SSSR count). The standard InChI is InChI=1S/C27H21ClN2O4S/c1-16-26(29-27(33)34-17(2)22-5-3-4-6-23(22)28)24(35-30-16)12-9-18-7-10-21-14-19(15-25(31)32)8-11-20(21)13-18/h3-8,10-11,13-14,17H,15H2,1-2H3,(H,29,33)(H,31,32). The molecular weight excluding hydrogens is 484 g/mol. The number of ether oxygens (including phenoxy) is 1. The van der Waals surface area contributed by atoms with Crippen LogP contribution in [0.3, 0.4) is 0 Å². The Balaban J connectivity index is 1.50. The predicted octanol–water partition coefficient (Wildman–Crippen LogP) is 6.59. The first-order valence-corrected chi connectivity index (χ1v) is 11.9. The van der Waals surface area contributed by atoms with Crippen molar-refractivity contribution in [2.24, 2.45) is 0 Å². The van der Waals surface area contributed by atoms with Gasteiger partial charge in [-0.2, -0.15) is 4.37 Å². The van der Waals surface area contributed by atoms with E-state index in [-0.39, 0.29) is 6.42 Å². The van der Waals surface area contributed by atoms with E-state index in [1.165, 1.54) is 11.5 Å². The van der Waals surface area contributed by atoms with E-state index in [9.17, 15) is 9.59 Å². The number of carboxylic acids is 1. The van der Waals surface area contributed by atoms with E-state index in [0.29, 0.717) is 21.3 Å². The number of benzene rings is 3. The van der Waals surface area contributed by atoms with Crippen LogP contribution in [0.2, 0.25) is 5.02 Å². The van der Waals surface area contributed by atoms with Crippen molar-refractivity contribution in [3.05, 3.63) is 92.9 Å². The van der Waals surface area contributed by atoms with Gasteiger partial charge in [0.25, 0.3) is 0 Å². The summed E-state index contributed by atoms with van der Waals surface area (Å²) in [4.78, 5) is 24.1. The molecule has 0 radical (unpaired) electrons. The fourth-order valence-corrected chi connectivity index (χ4v) is 4.54. The Morgan fingerprint density at radius 3 is 2.63 bits per heavy atom. The smallest absolute Gasteiger partial charge is 0.412 e. The number of hydrogen-bond acceptors (Lipinski definition) is 5. The Kier molecular flexibility index (Phi) is 7.35. The SMILES string of the molecule is Cc1nsc(C#Cc2ccc3cc(CC(=O)O)ccc3c2)c1NC(=O)OC(C)c1ccccc1Cl. The molecule has 0 aliphatic heterocycles. The normalized spacial score (nSPS) is 11.4. The Hall–Kier alpha value is -3.86. The lowest BCUT2D eigenvalue weighted by Gasteiger charge is -2.15. The predicted molar refractivity (Wildman–Crippen MR) is 138 cm³/mol. The lowest BCUT2D eigenvalue weighted by atomic mass is 10.0. The fraction of sp³-hybridized carbons (Fsp3) is 0.148. The summed E-state index contributed by atoms with van der Waals surface area (Å²) < 4.78 is 9.82. The second kappa shape index (κ2) is 10.6. The Morgan fingerprint density at radius 1 is 1.11 bits per heavy atom. The number of hydrogen-bond donors (Lipinski definition) is 2. The first-order chi connectivity index (χ1) is 16.8. The third-order valence-electron chi connectivity index (χ3n) is 5.30. The fourth-order valence-electron chi connectivity index (χ4n) is 3.55. The lowest BCUT2D eigenvalue weighted by molar-refractivity contribution is -0.136. The maximum absolute atomic E-state index is 12.5. The zero-order valence-electron chi connectivity index (χ0n) is 19.0. The average molecular weight is 505 g/mol. The van der Waals surface area contributed by atoms with Gasteiger partial charge in [-0.1, -0.05) is 60.0 Å². The van der Waals surface area contributed by atoms with Crippen LogP contribution in [-0.4, -0.2) is 21.5 Å². The van der Waals surface area contributed by atoms with Crippen LogP contribution >= 0.6 is 23.1 Å². The van der Waals surface area contributed by atoms with Crippen LogP contribution in [0.1, 0.15) is 40.3 Å². The lowest BCUT2D eigenvalue weighted by Crippen LogP contribution is -2.17. The van der Waals surface area contributed by atoms with Gasteiger partial charge < -0.3 is 9.84 Å². The Labute approximate surface area is 211 Å². The first kappa shape index (κ1) is 24.3. The summed E-state index contributed by atoms with van der Waals surface area (Å²) >= 11 is 7.39. The molecular formula is C27H21ClN2O4S. The number of carbonyl (C=O) groups is 2. The van der Waals surface area contributed by atoms with Crippen molar-refractivity contribution in [1.82, 2.24) is 4.37 Å². The molecule has 1 unspecified atom stereocenters. The minimum Gasteiger partial charge on any atom is -0.481 e. The highest BCUT2D eigenvalue weighted by atomic mass is 35.5. The molecule has 0 bridgehead atoms. The van der Waals surface area contributed by atoms with Crippen molar-refractivity contribution in [2.45, 2.75) is 26.4 Å². The molecule has 0 saturated carbocycles. The third-order valence-corrected chi connectivity index (χ3v) is 6.50. The van der Waals surface area contributed by atoms with Crippen molar-refractivity contribution in [3.63, 3.8) is 0 Å². The largest absolute Gasteiger partial charge is 0.481 e. The van der Waals surface area contributed by atoms with Gasteiger partial charge in [0.05, 0.1) is 17.8 Å². The number of anilines is 1. The number of nitrogens with one attached hydrogen (secondary N) is 1. The number of aromatic nitrogens is 1. The van der Waals surface area contributed by atoms with Gasteiger partial charge in [-0.15, -0.1) is 0 Å². The van der Waals surface area contributed by atoms with Gasteiger partial charge in [-0.25, -0.2) is 4.79 Å². The number of nitrogens with zero attached hydrogens (tertiary/aromatic N) is 1. The molecule has 1 atom stereocenters. The minimum atomic E-state index is -0.863. The number of aryl methyl sites for hydroxylation is 1. The number of aliphatic carboxylic acids is 1. The van der Waals surface area contributed by atoms with Gasteiger partial charge in [0.15, 0.2) is 0 Å². The van der Waals surface area contributed by atoms with Gasteiger partial charge in [0.1, 0.15) is 11.0 Å². The summed E-state index contributed by atoms with van der Waals surface area (Å²) in [5.41, 5.74) is 3.41. The zero-order valence-corrected chi connectivity index (χ0v) is 20.5. The van der Waals surface area contributed by atoms with Crippen LogP contribution in [0.4, 0.5) is 10.5 Å². The van der Waals surface area contributed by atoms with Gasteiger partial charge >= 0.3 is 12.1 Å². The number of halogens is 1. The van der Waals surface area contributed by atoms with Crippen molar-refractivity contribution in [3.8, 4) is 11.8 Å². The number of carboxylic acid groups (broad SMARTS) is 1. The van der Waals surface area contributed by atoms with Crippen LogP contribution in [0.5, 0.6) is 0 Å². The molecule has 1 heterocycles. The van der Waals surface area contributed by atoms with E-state index in [2.05, 4.69) is 21.5 Å². The summed E-state index contributed by atoms with van der Waals surface area (Å²) in [6, 6.07) is 18.5. The Morgan fingerprint density at radius 2 is 1.86 bits per heavy atom. The molecule has 4 aromatic rings. The van der Waals surface area contributed by atoms with Crippen LogP contribution in [-0.2, 0) is 16.0 Å². The summed E-state index contributed by atoms with van der Waals surface area (Å²) in [6.07, 6.45) is -1.16. The minimum absolute atomic E-state index is 0.0163. The van der Waals surface area contributed by atoms with Gasteiger partial charge in [-0.3, -0.25) is 10.1 Å². The van der Waals surface area contributed by atoms with E-state index in [1.54, 1.807) is 26.0 Å². The van der Waals surface area contributed by atoms with Crippen molar-refractivity contribution in [2.75, 3.05) is 5.32 Å². The third kappa shape index (κ3) is 5.99. The van der Waals surface area contributed by atoms with Crippen LogP contribution < -0.4 is 5.32 Å². The molecule has 1 amide bonds. The highest BCUT2D eigenvalue weighted by molar-refractivity contribution is 7.07. The van der Waals surface area contributed by atoms with E-state index < -0.39 is 18.2 Å². The number of fused-ring (bicyclic) bond motifs is 1. The second-order valence-corrected chi connectivity index (χ2v) is 9.06. The van der Waals surface area contributed by atoms with E-state index in [4.69, 9.17) is 21.4 Å². The van der Waals surface area contributed by atoms with Crippen LogP contribution in [0.15, 0.2) is 60.7 Å². The van der Waals surface area contributed by atoms with E-state index in [1.807, 2.05) is 48.5 Å². The molecule has 3 aromatic carbocycles. The zero-order chi connectivity index (χ0) is 24.9. The summed E-state index contributed by atoms with van der Waals surface area (Å²) in [5.74, 6) is 5.34. The van der Waals surface area contributed by atoms with Crippen LogP contribution in [0.25, 0.3) is 10.8 Å². The molecule has 8 heteroatoms. The molecule has 2 N–H and O–H groups in total. The molecule has 0 spiro atoms. The maximum Gasteiger partial charge on any atom is 0.412 e. The summed E-state index contributed by atoms with van der Waals surface area (Å²) in [5, 5.41) is 14.2. The van der Waals surface area contributed by atoms with Crippen molar-refractivity contribution < 1.29 is 19.4 Å². The van der Waals surface area contributed by atoms with Gasteiger partial charge in [0.2, 0.25) is 0 Å². The number of rotatable bonds is 5. The average Bonchev–Trinajstić information content (AvgIpc) is 3.16. The molecule has 0 aliphatic carbocycles. The number of carbonyl (C=O) groups excluding carboxylic acids is 1. The maximum atomic E-state index is 12.5. The van der Waals surface area contributed by atoms with Crippen molar-refractivity contribution in [1.29, 1.82) is 0 Å². The van der Waals surface area contributed by atoms with Gasteiger partial charge in [0, 0.05) is 16.1 Å². The quantitative estimate of drug-likeness (QED) is 0.299. The van der Waals surface area contributed by atoms with E-state index in [0.717, 1.165) is 27.5 Å². The second-order valence-electron chi connectivity index (χ2n) is 7.88. The topological polar surface area (TPSA) is 88.5 Å². The molecule has 6 nitrogen and oxygen atoms in total. The van der Waals surface area contributed by atoms with Crippen LogP contribution in [0, 0.1) is 18.8 Å². The Bertz CT molecular complexity index is 1490. The molecule has 0 saturated heterocycles. The number of amides is 1. The summed E-state index contributed by atoms with van der Waals surface area (Å²) in [6.45, 7) is 3.55. The molecule has 0 fully saturated rings. The summed E-state index contributed by atoms with van der Waals surface area (Å²) in [7, 11) is 0. The van der Waals surface area contributed by atoms with E-state index >= 15 is 0 Å². The highest BCUT2D eigenvalue weighted by Crippen LogP contribution is 2.27. The molecule has 0 aliphatic rings.